The maximum Gasteiger partial charge on any atom is 0.328 e. The van der Waals surface area contributed by atoms with Crippen LogP contribution in [0, 0.1) is 17.1 Å². The van der Waals surface area contributed by atoms with E-state index < -0.39 is 17.4 Å². The Hall–Kier alpha value is -2.68. The van der Waals surface area contributed by atoms with Gasteiger partial charge in [0.25, 0.3) is 0 Å². The highest BCUT2D eigenvalue weighted by molar-refractivity contribution is 5.69. The maximum absolute atomic E-state index is 13.6. The van der Waals surface area contributed by atoms with Gasteiger partial charge in [0, 0.05) is 11.8 Å². The summed E-state index contributed by atoms with van der Waals surface area (Å²) in [6.07, 6.45) is 1.62. The third-order valence-electron chi connectivity index (χ3n) is 2.74. The van der Waals surface area contributed by atoms with E-state index in [1.165, 1.54) is 16.8 Å². The van der Waals surface area contributed by atoms with Gasteiger partial charge in [-0.2, -0.15) is 10.4 Å². The summed E-state index contributed by atoms with van der Waals surface area (Å²) in [7, 11) is 0. The highest BCUT2D eigenvalue weighted by atomic mass is 19.1. The second-order valence-electron chi connectivity index (χ2n) is 5.79. The van der Waals surface area contributed by atoms with Gasteiger partial charge in [-0.15, -0.1) is 0 Å². The van der Waals surface area contributed by atoms with Gasteiger partial charge in [-0.3, -0.25) is 9.48 Å². The van der Waals surface area contributed by atoms with Crippen LogP contribution in [0.1, 0.15) is 26.3 Å². The summed E-state index contributed by atoms with van der Waals surface area (Å²) < 4.78 is 20.2. The van der Waals surface area contributed by atoms with Crippen LogP contribution < -0.4 is 0 Å². The zero-order valence-corrected chi connectivity index (χ0v) is 12.6. The molecule has 0 amide bonds. The lowest BCUT2D eigenvalue weighted by Crippen LogP contribution is -2.26. The molecular formula is C16H16FN3O2. The monoisotopic (exact) mass is 301 g/mol. The number of rotatable bonds is 3. The molecule has 22 heavy (non-hydrogen) atoms. The summed E-state index contributed by atoms with van der Waals surface area (Å²) in [5.74, 6) is -0.991. The van der Waals surface area contributed by atoms with Gasteiger partial charge in [0.2, 0.25) is 0 Å². The number of halogens is 1. The normalized spacial score (nSPS) is 11.0. The molecule has 0 aliphatic heterocycles. The first-order chi connectivity index (χ1) is 10.3. The lowest BCUT2D eigenvalue weighted by atomic mass is 10.1. The van der Waals surface area contributed by atoms with Gasteiger partial charge >= 0.3 is 5.97 Å². The molecule has 0 aliphatic carbocycles. The highest BCUT2D eigenvalue weighted by Gasteiger charge is 2.17. The Bertz CT molecular complexity index is 739. The van der Waals surface area contributed by atoms with Crippen LogP contribution in [0.15, 0.2) is 30.5 Å². The van der Waals surface area contributed by atoms with Crippen molar-refractivity contribution in [3.05, 3.63) is 41.8 Å². The molecule has 2 rings (SSSR count). The predicted octanol–water partition coefficient (Wildman–Crippen LogP) is 2.90. The molecule has 0 saturated heterocycles. The number of hydrogen-bond acceptors (Lipinski definition) is 4. The topological polar surface area (TPSA) is 67.9 Å². The molecular weight excluding hydrogens is 285 g/mol. The molecule has 2 aromatic rings. The van der Waals surface area contributed by atoms with Gasteiger partial charge in [-0.1, -0.05) is 6.07 Å². The fraction of sp³-hybridized carbons (Fsp3) is 0.312. The molecule has 5 nitrogen and oxygen atoms in total. The Morgan fingerprint density at radius 2 is 2.14 bits per heavy atom. The van der Waals surface area contributed by atoms with E-state index in [9.17, 15) is 9.18 Å². The van der Waals surface area contributed by atoms with Crippen LogP contribution in [-0.2, 0) is 16.1 Å². The van der Waals surface area contributed by atoms with E-state index >= 15 is 0 Å². The largest absolute Gasteiger partial charge is 0.459 e. The smallest absolute Gasteiger partial charge is 0.328 e. The van der Waals surface area contributed by atoms with Crippen molar-refractivity contribution < 1.29 is 13.9 Å². The summed E-state index contributed by atoms with van der Waals surface area (Å²) in [5.41, 5.74) is 0.492. The molecule has 6 heteroatoms. The van der Waals surface area contributed by atoms with Gasteiger partial charge in [0.15, 0.2) is 0 Å². The number of aromatic nitrogens is 2. The number of carbonyl (C=O) groups excluding carboxylic acids is 1. The van der Waals surface area contributed by atoms with Crippen LogP contribution in [0.2, 0.25) is 0 Å². The molecule has 0 N–H and O–H groups in total. The number of nitriles is 1. The maximum atomic E-state index is 13.6. The van der Waals surface area contributed by atoms with Crippen LogP contribution in [-0.4, -0.2) is 21.4 Å². The molecule has 0 atom stereocenters. The number of benzene rings is 1. The number of hydrogen-bond donors (Lipinski definition) is 0. The first kappa shape index (κ1) is 15.7. The molecule has 0 spiro atoms. The zero-order chi connectivity index (χ0) is 16.3. The third-order valence-corrected chi connectivity index (χ3v) is 2.74. The molecule has 0 fully saturated rings. The van der Waals surface area contributed by atoms with E-state index in [4.69, 9.17) is 10.00 Å². The van der Waals surface area contributed by atoms with Crippen LogP contribution in [0.3, 0.4) is 0 Å². The molecule has 0 bridgehead atoms. The quantitative estimate of drug-likeness (QED) is 0.817. The molecule has 1 aromatic heterocycles. The Balaban J connectivity index is 2.13. The second kappa shape index (κ2) is 5.98. The minimum atomic E-state index is -0.596. The first-order valence-electron chi connectivity index (χ1n) is 6.74. The van der Waals surface area contributed by atoms with Crippen LogP contribution in [0.25, 0.3) is 11.3 Å². The van der Waals surface area contributed by atoms with Crippen molar-refractivity contribution in [3.63, 3.8) is 0 Å². The number of carbonyl (C=O) groups is 1. The second-order valence-corrected chi connectivity index (χ2v) is 5.79. The fourth-order valence-corrected chi connectivity index (χ4v) is 1.87. The molecule has 0 unspecified atom stereocenters. The van der Waals surface area contributed by atoms with Crippen molar-refractivity contribution in [1.82, 2.24) is 9.78 Å². The fourth-order valence-electron chi connectivity index (χ4n) is 1.87. The average molecular weight is 301 g/mol. The Kier molecular flexibility index (Phi) is 4.27. The van der Waals surface area contributed by atoms with E-state index in [0.29, 0.717) is 11.3 Å². The van der Waals surface area contributed by atoms with Crippen molar-refractivity contribution in [2.24, 2.45) is 0 Å². The van der Waals surface area contributed by atoms with Crippen molar-refractivity contribution in [2.75, 3.05) is 0 Å². The molecule has 0 radical (unpaired) electrons. The van der Waals surface area contributed by atoms with E-state index in [1.54, 1.807) is 45.2 Å². The standard InChI is InChI=1S/C16H16FN3O2/c1-16(2,3)22-15(21)10-20-7-6-14(19-20)11-4-5-12(9-18)13(17)8-11/h4-8H,10H2,1-3H3. The summed E-state index contributed by atoms with van der Waals surface area (Å²) in [6, 6.07) is 7.70. The summed E-state index contributed by atoms with van der Waals surface area (Å²) in [4.78, 5) is 11.7. The van der Waals surface area contributed by atoms with Crippen molar-refractivity contribution >= 4 is 5.97 Å². The van der Waals surface area contributed by atoms with E-state index in [2.05, 4.69) is 5.10 Å². The third kappa shape index (κ3) is 3.92. The molecule has 1 aromatic carbocycles. The number of nitrogens with zero attached hydrogens (tertiary/aromatic N) is 3. The van der Waals surface area contributed by atoms with Gasteiger partial charge in [0.1, 0.15) is 24.0 Å². The lowest BCUT2D eigenvalue weighted by molar-refractivity contribution is -0.155. The van der Waals surface area contributed by atoms with Crippen molar-refractivity contribution in [2.45, 2.75) is 32.9 Å². The SMILES string of the molecule is CC(C)(C)OC(=O)Cn1ccc(-c2ccc(C#N)c(F)c2)n1. The Morgan fingerprint density at radius 3 is 2.73 bits per heavy atom. The first-order valence-corrected chi connectivity index (χ1v) is 6.74. The molecule has 0 aliphatic rings. The summed E-state index contributed by atoms with van der Waals surface area (Å²) in [6.45, 7) is 5.35. The molecule has 1 heterocycles. The summed E-state index contributed by atoms with van der Waals surface area (Å²) in [5, 5.41) is 12.9. The predicted molar refractivity (Wildman–Crippen MR) is 78.2 cm³/mol. The van der Waals surface area contributed by atoms with Gasteiger partial charge in [0.05, 0.1) is 11.3 Å². The van der Waals surface area contributed by atoms with Gasteiger partial charge in [-0.05, 0) is 39.0 Å². The van der Waals surface area contributed by atoms with E-state index in [0.717, 1.165) is 0 Å². The Labute approximate surface area is 127 Å². The van der Waals surface area contributed by atoms with Crippen LogP contribution in [0.4, 0.5) is 4.39 Å². The van der Waals surface area contributed by atoms with Gasteiger partial charge in [-0.25, -0.2) is 4.39 Å². The zero-order valence-electron chi connectivity index (χ0n) is 12.6. The average Bonchev–Trinajstić information content (AvgIpc) is 2.84. The van der Waals surface area contributed by atoms with E-state index in [-0.39, 0.29) is 12.1 Å². The molecule has 0 saturated carbocycles. The van der Waals surface area contributed by atoms with Crippen LogP contribution in [0.5, 0.6) is 0 Å². The minimum absolute atomic E-state index is 0.0167. The lowest BCUT2D eigenvalue weighted by Gasteiger charge is -2.19. The van der Waals surface area contributed by atoms with Crippen molar-refractivity contribution in [3.8, 4) is 17.3 Å². The summed E-state index contributed by atoms with van der Waals surface area (Å²) >= 11 is 0. The minimum Gasteiger partial charge on any atom is -0.459 e. The van der Waals surface area contributed by atoms with E-state index in [1.807, 2.05) is 0 Å². The number of ether oxygens (including phenoxy) is 1. The van der Waals surface area contributed by atoms with Crippen LogP contribution >= 0.6 is 0 Å². The molecule has 114 valence electrons. The number of esters is 1. The van der Waals surface area contributed by atoms with Gasteiger partial charge < -0.3 is 4.74 Å². The van der Waals surface area contributed by atoms with Crippen molar-refractivity contribution in [1.29, 1.82) is 5.26 Å². The Morgan fingerprint density at radius 1 is 1.41 bits per heavy atom. The highest BCUT2D eigenvalue weighted by Crippen LogP contribution is 2.20.